The van der Waals surface area contributed by atoms with Gasteiger partial charge >= 0.3 is 0 Å². The molecule has 1 saturated heterocycles. The van der Waals surface area contributed by atoms with Gasteiger partial charge in [-0.1, -0.05) is 80.9 Å². The van der Waals surface area contributed by atoms with Crippen LogP contribution in [-0.2, 0) is 13.0 Å². The molecule has 0 bridgehead atoms. The Balaban J connectivity index is 1.43. The number of benzene rings is 2. The number of rotatable bonds is 11. The smallest absolute Gasteiger partial charge is 0.0904 e. The quantitative estimate of drug-likeness (QED) is 0.159. The van der Waals surface area contributed by atoms with Gasteiger partial charge in [-0.05, 0) is 68.6 Å². The van der Waals surface area contributed by atoms with E-state index in [1.807, 2.05) is 44.4 Å². The lowest BCUT2D eigenvalue weighted by molar-refractivity contribution is 0.00210. The van der Waals surface area contributed by atoms with E-state index >= 15 is 0 Å². The van der Waals surface area contributed by atoms with E-state index in [0.29, 0.717) is 10.4 Å². The zero-order valence-corrected chi connectivity index (χ0v) is 27.8. The van der Waals surface area contributed by atoms with Crippen LogP contribution in [0.15, 0.2) is 67.5 Å². The first kappa shape index (κ1) is 31.7. The molecule has 228 valence electrons. The summed E-state index contributed by atoms with van der Waals surface area (Å²) >= 11 is 7.12. The molecule has 0 aliphatic carbocycles. The second-order valence-electron chi connectivity index (χ2n) is 12.3. The average molecular weight is 606 g/mol. The monoisotopic (exact) mass is 605 g/mol. The topological polar surface area (TPSA) is 54.8 Å². The van der Waals surface area contributed by atoms with Crippen molar-refractivity contribution in [2.45, 2.75) is 73.8 Å². The molecule has 0 radical (unpaired) electrons. The second-order valence-corrected chi connectivity index (χ2v) is 12.7. The first-order chi connectivity index (χ1) is 21.2. The molecule has 0 unspecified atom stereocenters. The number of likely N-dealkylation sites (tertiary alicyclic amines) is 1. The van der Waals surface area contributed by atoms with Crippen molar-refractivity contribution in [1.82, 2.24) is 24.8 Å². The summed E-state index contributed by atoms with van der Waals surface area (Å²) in [5.74, 6) is 0. The van der Waals surface area contributed by atoms with E-state index in [1.165, 1.54) is 12.0 Å². The van der Waals surface area contributed by atoms with E-state index in [1.54, 1.807) is 0 Å². The van der Waals surface area contributed by atoms with Crippen molar-refractivity contribution in [2.75, 3.05) is 13.1 Å². The highest BCUT2D eigenvalue weighted by Gasteiger charge is 2.38. The molecular weight excluding hydrogens is 562 g/mol. The molecule has 1 aliphatic heterocycles. The second kappa shape index (κ2) is 13.5. The molecule has 4 aromatic rings. The number of hydrogen-bond donors (Lipinski definition) is 0. The molecule has 44 heavy (non-hydrogen) atoms. The van der Waals surface area contributed by atoms with E-state index in [4.69, 9.17) is 31.5 Å². The third-order valence-corrected chi connectivity index (χ3v) is 9.36. The average Bonchev–Trinajstić information content (AvgIpc) is 3.01. The summed E-state index contributed by atoms with van der Waals surface area (Å²) in [6.45, 7) is 19.8. The summed E-state index contributed by atoms with van der Waals surface area (Å²) < 4.78 is 0. The molecule has 0 amide bonds. The van der Waals surface area contributed by atoms with Gasteiger partial charge in [-0.3, -0.25) is 14.9 Å². The Morgan fingerprint density at radius 1 is 0.932 bits per heavy atom. The van der Waals surface area contributed by atoms with Crippen LogP contribution in [0.2, 0.25) is 5.02 Å². The Kier molecular flexibility index (Phi) is 9.77. The van der Waals surface area contributed by atoms with Crippen LogP contribution in [-0.4, -0.2) is 37.9 Å². The van der Waals surface area contributed by atoms with Gasteiger partial charge in [-0.15, -0.1) is 6.58 Å². The number of aromatic nitrogens is 4. The molecule has 0 atom stereocenters. The van der Waals surface area contributed by atoms with E-state index in [2.05, 4.69) is 69.5 Å². The highest BCUT2D eigenvalue weighted by atomic mass is 35.5. The molecule has 3 heterocycles. The first-order valence-electron chi connectivity index (χ1n) is 15.8. The van der Waals surface area contributed by atoms with Crippen LogP contribution in [0.4, 0.5) is 0 Å². The predicted molar refractivity (Wildman–Crippen MR) is 185 cm³/mol. The third-order valence-electron chi connectivity index (χ3n) is 8.96. The van der Waals surface area contributed by atoms with Crippen molar-refractivity contribution < 1.29 is 0 Å². The van der Waals surface area contributed by atoms with Crippen LogP contribution in [0, 0.1) is 19.3 Å². The summed E-state index contributed by atoms with van der Waals surface area (Å²) in [6, 6.07) is 12.5. The molecule has 5 nitrogen and oxygen atoms in total. The summed E-state index contributed by atoms with van der Waals surface area (Å²) in [6.07, 6.45) is 11.9. The van der Waals surface area contributed by atoms with Crippen molar-refractivity contribution >= 4 is 17.2 Å². The molecule has 1 aliphatic rings. The maximum absolute atomic E-state index is 7.12. The summed E-state index contributed by atoms with van der Waals surface area (Å²) in [5, 5.41) is 0.668. The minimum absolute atomic E-state index is 0.379. The minimum Gasteiger partial charge on any atom is -0.296 e. The lowest BCUT2D eigenvalue weighted by atomic mass is 9.78. The number of aryl methyl sites for hydroxylation is 2. The fourth-order valence-electron chi connectivity index (χ4n) is 6.54. The summed E-state index contributed by atoms with van der Waals surface area (Å²) in [5.41, 5.74) is 12.3. The Morgan fingerprint density at radius 3 is 2.25 bits per heavy atom. The van der Waals surface area contributed by atoms with Crippen molar-refractivity contribution in [2.24, 2.45) is 5.41 Å². The summed E-state index contributed by atoms with van der Waals surface area (Å²) in [4.78, 5) is 22.2. The van der Waals surface area contributed by atoms with E-state index < -0.39 is 0 Å². The van der Waals surface area contributed by atoms with Crippen molar-refractivity contribution in [1.29, 1.82) is 0 Å². The highest BCUT2D eigenvalue weighted by molar-refractivity contribution is 6.36. The van der Waals surface area contributed by atoms with Crippen LogP contribution < -0.4 is 0 Å². The van der Waals surface area contributed by atoms with E-state index in [-0.39, 0.29) is 0 Å². The molecule has 2 aromatic heterocycles. The van der Waals surface area contributed by atoms with Gasteiger partial charge in [0, 0.05) is 36.3 Å². The van der Waals surface area contributed by atoms with Gasteiger partial charge in [0.05, 0.1) is 51.6 Å². The maximum atomic E-state index is 7.12. The standard InChI is InChI=1S/C38H44ClN5/c1-8-12-19-38(7)23-44(24-38)22-35-32(11-4)43-33(20-40-35)29-16-13-15-28(25(29)5)30-17-14-18-31(36(30)39)34-21-41-37(26(6)42-34)27(9-2)10-3/h8-9,13-18,20-21H,1,10-12,19,22-24H2,2-7H3/b27-9-. The Hall–Kier alpha value is -3.67. The number of nitrogens with zero attached hydrogens (tertiary/aromatic N) is 5. The number of allylic oxidation sites excluding steroid dienone is 3. The van der Waals surface area contributed by atoms with Gasteiger partial charge in [0.2, 0.25) is 0 Å². The SMILES string of the molecule is C=CCCC1(C)CN(Cc2ncc(-c3cccc(-c4cccc(-c5cnc(/C(=C\C)CC)c(C)n5)c4Cl)c3C)nc2CC)C1. The molecule has 0 N–H and O–H groups in total. The zero-order chi connectivity index (χ0) is 31.4. The van der Waals surface area contributed by atoms with Crippen LogP contribution in [0.25, 0.3) is 39.2 Å². The van der Waals surface area contributed by atoms with E-state index in [0.717, 1.165) is 101 Å². The van der Waals surface area contributed by atoms with Gasteiger partial charge in [0.15, 0.2) is 0 Å². The summed E-state index contributed by atoms with van der Waals surface area (Å²) in [7, 11) is 0. The van der Waals surface area contributed by atoms with Crippen LogP contribution in [0.3, 0.4) is 0 Å². The lowest BCUT2D eigenvalue weighted by Crippen LogP contribution is -2.54. The van der Waals surface area contributed by atoms with Crippen molar-refractivity contribution in [3.05, 3.63) is 101 Å². The van der Waals surface area contributed by atoms with E-state index in [9.17, 15) is 0 Å². The zero-order valence-electron chi connectivity index (χ0n) is 27.0. The predicted octanol–water partition coefficient (Wildman–Crippen LogP) is 9.70. The molecule has 6 heteroatoms. The number of halogens is 1. The van der Waals surface area contributed by atoms with Gasteiger partial charge in [-0.25, -0.2) is 9.97 Å². The van der Waals surface area contributed by atoms with Crippen LogP contribution in [0.5, 0.6) is 0 Å². The fraction of sp³-hybridized carbons (Fsp3) is 0.368. The fourth-order valence-corrected chi connectivity index (χ4v) is 6.87. The third kappa shape index (κ3) is 6.40. The lowest BCUT2D eigenvalue weighted by Gasteiger charge is -2.48. The van der Waals surface area contributed by atoms with Crippen LogP contribution in [0.1, 0.15) is 75.3 Å². The maximum Gasteiger partial charge on any atom is 0.0904 e. The molecular formula is C38H44ClN5. The minimum atomic E-state index is 0.379. The highest BCUT2D eigenvalue weighted by Crippen LogP contribution is 2.40. The molecule has 1 fully saturated rings. The molecule has 2 aromatic carbocycles. The van der Waals surface area contributed by atoms with Gasteiger partial charge < -0.3 is 0 Å². The Bertz CT molecular complexity index is 1700. The number of hydrogen-bond acceptors (Lipinski definition) is 5. The first-order valence-corrected chi connectivity index (χ1v) is 16.2. The van der Waals surface area contributed by atoms with Crippen molar-refractivity contribution in [3.8, 4) is 33.6 Å². The van der Waals surface area contributed by atoms with Gasteiger partial charge in [0.1, 0.15) is 0 Å². The van der Waals surface area contributed by atoms with Gasteiger partial charge in [0.25, 0.3) is 0 Å². The molecule has 0 spiro atoms. The van der Waals surface area contributed by atoms with Crippen LogP contribution >= 0.6 is 11.6 Å². The van der Waals surface area contributed by atoms with Crippen molar-refractivity contribution in [3.63, 3.8) is 0 Å². The normalized spacial score (nSPS) is 14.8. The largest absolute Gasteiger partial charge is 0.296 e. The molecule has 0 saturated carbocycles. The molecule has 5 rings (SSSR count). The Morgan fingerprint density at radius 2 is 1.59 bits per heavy atom. The Labute approximate surface area is 268 Å². The van der Waals surface area contributed by atoms with Gasteiger partial charge in [-0.2, -0.15) is 0 Å².